The van der Waals surface area contributed by atoms with Crippen LogP contribution in [0.2, 0.25) is 0 Å². The number of nitrogens with two attached hydrogens (primary N) is 1. The Morgan fingerprint density at radius 1 is 1.09 bits per heavy atom. The van der Waals surface area contributed by atoms with Crippen molar-refractivity contribution in [3.05, 3.63) is 106 Å². The lowest BCUT2D eigenvalue weighted by Gasteiger charge is -2.09. The molecule has 5 rings (SSSR count). The lowest BCUT2D eigenvalue weighted by atomic mass is 10.0. The first kappa shape index (κ1) is 21.7. The Kier molecular flexibility index (Phi) is 5.77. The van der Waals surface area contributed by atoms with Crippen LogP contribution in [0, 0.1) is 12.7 Å². The van der Waals surface area contributed by atoms with Crippen molar-refractivity contribution in [3.8, 4) is 0 Å². The molecule has 0 saturated heterocycles. The SMILES string of the molecule is Cc1c[nH]c2cc(F)c(CNC(=O)c3ccnc(Cc4ccc5nc(CN)ccc5c4)c3)cc12. The molecule has 6 nitrogen and oxygen atoms in total. The van der Waals surface area contributed by atoms with Gasteiger partial charge in [0.2, 0.25) is 0 Å². The molecule has 3 heterocycles. The van der Waals surface area contributed by atoms with Crippen LogP contribution in [0.4, 0.5) is 4.39 Å². The molecule has 2 aromatic carbocycles. The summed E-state index contributed by atoms with van der Waals surface area (Å²) >= 11 is 0. The first-order valence-corrected chi connectivity index (χ1v) is 11.1. The number of nitrogens with one attached hydrogen (secondary N) is 2. The van der Waals surface area contributed by atoms with E-state index in [-0.39, 0.29) is 18.3 Å². The van der Waals surface area contributed by atoms with Gasteiger partial charge in [0, 0.05) is 65.0 Å². The average Bonchev–Trinajstić information content (AvgIpc) is 3.21. The first-order valence-electron chi connectivity index (χ1n) is 11.1. The summed E-state index contributed by atoms with van der Waals surface area (Å²) < 4.78 is 14.4. The maximum absolute atomic E-state index is 14.4. The van der Waals surface area contributed by atoms with Gasteiger partial charge in [0.1, 0.15) is 5.82 Å². The molecule has 3 aromatic heterocycles. The number of amides is 1. The van der Waals surface area contributed by atoms with Crippen LogP contribution in [0.15, 0.2) is 67.0 Å². The van der Waals surface area contributed by atoms with Crippen LogP contribution in [0.5, 0.6) is 0 Å². The van der Waals surface area contributed by atoms with Crippen LogP contribution < -0.4 is 11.1 Å². The number of aryl methyl sites for hydroxylation is 1. The number of rotatable bonds is 6. The van der Waals surface area contributed by atoms with Gasteiger partial charge < -0.3 is 16.0 Å². The minimum Gasteiger partial charge on any atom is -0.361 e. The lowest BCUT2D eigenvalue weighted by molar-refractivity contribution is 0.0950. The molecule has 1 amide bonds. The molecule has 34 heavy (non-hydrogen) atoms. The smallest absolute Gasteiger partial charge is 0.251 e. The summed E-state index contributed by atoms with van der Waals surface area (Å²) in [5.74, 6) is -0.625. The van der Waals surface area contributed by atoms with E-state index in [9.17, 15) is 9.18 Å². The second-order valence-corrected chi connectivity index (χ2v) is 8.39. The predicted octanol–water partition coefficient (Wildman–Crippen LogP) is 4.54. The van der Waals surface area contributed by atoms with Crippen LogP contribution in [-0.2, 0) is 19.5 Å². The van der Waals surface area contributed by atoms with Gasteiger partial charge in [0.25, 0.3) is 5.91 Å². The molecule has 7 heteroatoms. The van der Waals surface area contributed by atoms with E-state index in [0.717, 1.165) is 44.3 Å². The highest BCUT2D eigenvalue weighted by Crippen LogP contribution is 2.22. The van der Waals surface area contributed by atoms with Gasteiger partial charge in [-0.25, -0.2) is 4.39 Å². The highest BCUT2D eigenvalue weighted by atomic mass is 19.1. The zero-order valence-electron chi connectivity index (χ0n) is 18.7. The van der Waals surface area contributed by atoms with Gasteiger partial charge in [-0.1, -0.05) is 12.1 Å². The van der Waals surface area contributed by atoms with Gasteiger partial charge in [-0.15, -0.1) is 0 Å². The minimum atomic E-state index is -0.352. The number of carbonyl (C=O) groups is 1. The largest absolute Gasteiger partial charge is 0.361 e. The number of fused-ring (bicyclic) bond motifs is 2. The molecule has 0 atom stereocenters. The summed E-state index contributed by atoms with van der Waals surface area (Å²) in [4.78, 5) is 24.8. The number of aromatic nitrogens is 3. The lowest BCUT2D eigenvalue weighted by Crippen LogP contribution is -2.23. The van der Waals surface area contributed by atoms with Gasteiger partial charge in [-0.3, -0.25) is 14.8 Å². The zero-order chi connectivity index (χ0) is 23.7. The number of carbonyl (C=O) groups excluding carboxylic acids is 1. The van der Waals surface area contributed by atoms with Crippen LogP contribution >= 0.6 is 0 Å². The van der Waals surface area contributed by atoms with Gasteiger partial charge >= 0.3 is 0 Å². The summed E-state index contributed by atoms with van der Waals surface area (Å²) in [6, 6.07) is 16.6. The Hall–Kier alpha value is -4.10. The Morgan fingerprint density at radius 2 is 1.97 bits per heavy atom. The zero-order valence-corrected chi connectivity index (χ0v) is 18.7. The molecule has 4 N–H and O–H groups in total. The van der Waals surface area contributed by atoms with Crippen molar-refractivity contribution in [2.45, 2.75) is 26.4 Å². The highest BCUT2D eigenvalue weighted by molar-refractivity contribution is 5.94. The number of pyridine rings is 2. The number of aromatic amines is 1. The number of hydrogen-bond donors (Lipinski definition) is 3. The topological polar surface area (TPSA) is 96.7 Å². The fourth-order valence-electron chi connectivity index (χ4n) is 4.11. The number of nitrogens with zero attached hydrogens (tertiary/aromatic N) is 2. The van der Waals surface area contributed by atoms with Crippen LogP contribution in [0.3, 0.4) is 0 Å². The Bertz CT molecular complexity index is 1520. The molecule has 170 valence electrons. The Labute approximate surface area is 196 Å². The van der Waals surface area contributed by atoms with E-state index in [1.165, 1.54) is 6.07 Å². The van der Waals surface area contributed by atoms with Gasteiger partial charge in [0.15, 0.2) is 0 Å². The van der Waals surface area contributed by atoms with E-state index in [2.05, 4.69) is 26.3 Å². The highest BCUT2D eigenvalue weighted by Gasteiger charge is 2.12. The van der Waals surface area contributed by atoms with Crippen molar-refractivity contribution >= 4 is 27.7 Å². The van der Waals surface area contributed by atoms with E-state index in [0.29, 0.717) is 24.1 Å². The third kappa shape index (κ3) is 4.38. The molecule has 5 aromatic rings. The molecule has 0 spiro atoms. The predicted molar refractivity (Wildman–Crippen MR) is 131 cm³/mol. The van der Waals surface area contributed by atoms with Crippen molar-refractivity contribution in [1.29, 1.82) is 0 Å². The molecule has 0 saturated carbocycles. The summed E-state index contributed by atoms with van der Waals surface area (Å²) in [6.07, 6.45) is 4.04. The second-order valence-electron chi connectivity index (χ2n) is 8.39. The van der Waals surface area contributed by atoms with E-state index < -0.39 is 0 Å². The van der Waals surface area contributed by atoms with Crippen molar-refractivity contribution in [1.82, 2.24) is 20.3 Å². The van der Waals surface area contributed by atoms with E-state index in [1.807, 2.05) is 37.4 Å². The average molecular weight is 454 g/mol. The normalized spacial score (nSPS) is 11.3. The van der Waals surface area contributed by atoms with Crippen molar-refractivity contribution < 1.29 is 9.18 Å². The molecule has 0 fully saturated rings. The summed E-state index contributed by atoms with van der Waals surface area (Å²) in [5, 5.41) is 4.80. The van der Waals surface area contributed by atoms with Crippen molar-refractivity contribution in [2.75, 3.05) is 0 Å². The molecule has 0 bridgehead atoms. The number of halogens is 1. The molecule has 0 unspecified atom stereocenters. The molecule has 0 radical (unpaired) electrons. The maximum Gasteiger partial charge on any atom is 0.251 e. The van der Waals surface area contributed by atoms with Gasteiger partial charge in [-0.05, 0) is 60.5 Å². The van der Waals surface area contributed by atoms with E-state index in [1.54, 1.807) is 24.4 Å². The Morgan fingerprint density at radius 3 is 2.82 bits per heavy atom. The summed E-state index contributed by atoms with van der Waals surface area (Å²) in [5.41, 5.74) is 12.0. The third-order valence-corrected chi connectivity index (χ3v) is 5.98. The fraction of sp³-hybridized carbons (Fsp3) is 0.148. The van der Waals surface area contributed by atoms with E-state index in [4.69, 9.17) is 5.73 Å². The fourth-order valence-corrected chi connectivity index (χ4v) is 4.11. The van der Waals surface area contributed by atoms with Crippen molar-refractivity contribution in [3.63, 3.8) is 0 Å². The quantitative estimate of drug-likeness (QED) is 0.352. The minimum absolute atomic E-state index is 0.103. The first-order chi connectivity index (χ1) is 16.5. The van der Waals surface area contributed by atoms with Crippen molar-refractivity contribution in [2.24, 2.45) is 5.73 Å². The summed E-state index contributed by atoms with van der Waals surface area (Å²) in [7, 11) is 0. The maximum atomic E-state index is 14.4. The monoisotopic (exact) mass is 453 g/mol. The van der Waals surface area contributed by atoms with Gasteiger partial charge in [0.05, 0.1) is 11.2 Å². The Balaban J connectivity index is 1.30. The second kappa shape index (κ2) is 9.03. The van der Waals surface area contributed by atoms with Gasteiger partial charge in [-0.2, -0.15) is 0 Å². The molecule has 0 aliphatic heterocycles. The summed E-state index contributed by atoms with van der Waals surface area (Å²) in [6.45, 7) is 2.47. The number of H-pyrrole nitrogens is 1. The molecule has 0 aliphatic carbocycles. The third-order valence-electron chi connectivity index (χ3n) is 5.98. The van der Waals surface area contributed by atoms with Crippen LogP contribution in [-0.4, -0.2) is 20.9 Å². The molecule has 0 aliphatic rings. The number of hydrogen-bond acceptors (Lipinski definition) is 4. The van der Waals surface area contributed by atoms with E-state index >= 15 is 0 Å². The number of benzene rings is 2. The van der Waals surface area contributed by atoms with Crippen LogP contribution in [0.25, 0.3) is 21.8 Å². The molecular weight excluding hydrogens is 429 g/mol. The van der Waals surface area contributed by atoms with Crippen LogP contribution in [0.1, 0.15) is 38.4 Å². The molecular formula is C27H24FN5O. The standard InChI is InChI=1S/C27H24FN5O/c1-16-14-31-26-12-24(28)20(11-23(16)26)15-32-27(34)19-6-7-30-22(10-19)9-17-2-5-25-18(8-17)3-4-21(13-29)33-25/h2-8,10-12,14,31H,9,13,15,29H2,1H3,(H,32,34).